The molecule has 0 aliphatic carbocycles. The molecule has 13 heavy (non-hydrogen) atoms. The molecular weight excluding hydrogens is 168 g/mol. The Morgan fingerprint density at radius 1 is 1.69 bits per heavy atom. The summed E-state index contributed by atoms with van der Waals surface area (Å²) >= 11 is 0. The van der Waals surface area contributed by atoms with Gasteiger partial charge in [-0.25, -0.2) is 0 Å². The molecule has 0 radical (unpaired) electrons. The van der Waals surface area contributed by atoms with Crippen LogP contribution in [0.4, 0.5) is 0 Å². The lowest BCUT2D eigenvalue weighted by molar-refractivity contribution is 0.219. The van der Waals surface area contributed by atoms with Gasteiger partial charge >= 0.3 is 0 Å². The first-order valence-corrected chi connectivity index (χ1v) is 4.56. The van der Waals surface area contributed by atoms with Crippen molar-refractivity contribution < 1.29 is 5.11 Å². The monoisotopic (exact) mass is 182 g/mol. The molecule has 1 fully saturated rings. The number of aliphatic hydroxyl groups is 1. The molecule has 1 unspecified atom stereocenters. The van der Waals surface area contributed by atoms with Crippen molar-refractivity contribution >= 4 is 0 Å². The third-order valence-electron chi connectivity index (χ3n) is 2.48. The second kappa shape index (κ2) is 3.85. The van der Waals surface area contributed by atoms with E-state index in [-0.39, 0.29) is 0 Å². The van der Waals surface area contributed by atoms with E-state index < -0.39 is 0 Å². The Morgan fingerprint density at radius 2 is 2.62 bits per heavy atom. The molecule has 72 valence electrons. The van der Waals surface area contributed by atoms with Gasteiger partial charge in [-0.15, -0.1) is 0 Å². The van der Waals surface area contributed by atoms with Gasteiger partial charge in [0.05, 0.1) is 11.9 Å². The van der Waals surface area contributed by atoms with E-state index in [1.807, 2.05) is 0 Å². The van der Waals surface area contributed by atoms with Crippen molar-refractivity contribution in [3.8, 4) is 0 Å². The molecule has 0 saturated carbocycles. The predicted molar refractivity (Wildman–Crippen MR) is 46.9 cm³/mol. The Hall–Kier alpha value is -0.940. The topological polar surface area (TPSA) is 65.0 Å². The van der Waals surface area contributed by atoms with Crippen molar-refractivity contribution in [3.63, 3.8) is 0 Å². The van der Waals surface area contributed by atoms with Gasteiger partial charge in [0.15, 0.2) is 0 Å². The first kappa shape index (κ1) is 8.65. The summed E-state index contributed by atoms with van der Waals surface area (Å²) in [5.74, 6) is 0.451. The number of nitrogens with one attached hydrogen (secondary N) is 1. The summed E-state index contributed by atoms with van der Waals surface area (Å²) in [5, 5.41) is 19.3. The Labute approximate surface area is 76.8 Å². The maximum Gasteiger partial charge on any atom is 0.0964 e. The molecule has 5 heteroatoms. The van der Waals surface area contributed by atoms with E-state index in [9.17, 15) is 0 Å². The van der Waals surface area contributed by atoms with E-state index in [0.29, 0.717) is 12.5 Å². The zero-order valence-electron chi connectivity index (χ0n) is 7.48. The van der Waals surface area contributed by atoms with Crippen LogP contribution < -0.4 is 0 Å². The summed E-state index contributed by atoms with van der Waals surface area (Å²) in [6.07, 6.45) is 2.83. The SMILES string of the molecule is OCC1CCN(Cc2cn[nH]n2)C1. The molecule has 0 aromatic carbocycles. The first-order chi connectivity index (χ1) is 6.38. The van der Waals surface area contributed by atoms with E-state index in [4.69, 9.17) is 5.11 Å². The average molecular weight is 182 g/mol. The van der Waals surface area contributed by atoms with Gasteiger partial charge in [-0.1, -0.05) is 0 Å². The van der Waals surface area contributed by atoms with Crippen LogP contribution in [-0.4, -0.2) is 45.1 Å². The molecule has 1 aromatic rings. The van der Waals surface area contributed by atoms with Gasteiger partial charge in [0.2, 0.25) is 0 Å². The van der Waals surface area contributed by atoms with Gasteiger partial charge in [0, 0.05) is 19.7 Å². The van der Waals surface area contributed by atoms with Crippen molar-refractivity contribution in [1.82, 2.24) is 20.3 Å². The molecule has 1 aliphatic heterocycles. The fourth-order valence-electron chi connectivity index (χ4n) is 1.74. The molecule has 1 aliphatic rings. The number of aromatic nitrogens is 3. The molecule has 2 heterocycles. The lowest BCUT2D eigenvalue weighted by Crippen LogP contribution is -2.21. The summed E-state index contributed by atoms with van der Waals surface area (Å²) in [7, 11) is 0. The maximum atomic E-state index is 8.95. The second-order valence-electron chi connectivity index (χ2n) is 3.53. The van der Waals surface area contributed by atoms with Crippen LogP contribution in [0.25, 0.3) is 0 Å². The minimum atomic E-state index is 0.301. The lowest BCUT2D eigenvalue weighted by atomic mass is 10.1. The normalized spacial score (nSPS) is 23.9. The van der Waals surface area contributed by atoms with Crippen molar-refractivity contribution in [2.45, 2.75) is 13.0 Å². The highest BCUT2D eigenvalue weighted by molar-refractivity contribution is 4.91. The van der Waals surface area contributed by atoms with Crippen LogP contribution in [0.1, 0.15) is 12.1 Å². The molecular formula is C8H14N4O. The average Bonchev–Trinajstić information content (AvgIpc) is 2.76. The quantitative estimate of drug-likeness (QED) is 0.668. The van der Waals surface area contributed by atoms with Crippen molar-refractivity contribution in [3.05, 3.63) is 11.9 Å². The highest BCUT2D eigenvalue weighted by Gasteiger charge is 2.21. The molecule has 1 atom stereocenters. The Kier molecular flexibility index (Phi) is 2.56. The smallest absolute Gasteiger partial charge is 0.0964 e. The molecule has 2 N–H and O–H groups in total. The van der Waals surface area contributed by atoms with Gasteiger partial charge < -0.3 is 5.11 Å². The van der Waals surface area contributed by atoms with Gasteiger partial charge in [-0.3, -0.25) is 4.90 Å². The Bertz CT molecular complexity index is 249. The third-order valence-corrected chi connectivity index (χ3v) is 2.48. The second-order valence-corrected chi connectivity index (χ2v) is 3.53. The van der Waals surface area contributed by atoms with Crippen LogP contribution in [0.15, 0.2) is 6.20 Å². The van der Waals surface area contributed by atoms with E-state index in [1.165, 1.54) is 0 Å². The molecule has 5 nitrogen and oxygen atoms in total. The number of likely N-dealkylation sites (tertiary alicyclic amines) is 1. The van der Waals surface area contributed by atoms with E-state index >= 15 is 0 Å². The van der Waals surface area contributed by atoms with Crippen LogP contribution in [0, 0.1) is 5.92 Å². The van der Waals surface area contributed by atoms with Crippen LogP contribution in [-0.2, 0) is 6.54 Å². The number of hydrogen-bond donors (Lipinski definition) is 2. The lowest BCUT2D eigenvalue weighted by Gasteiger charge is -2.12. The molecule has 2 rings (SSSR count). The number of nitrogens with zero attached hydrogens (tertiary/aromatic N) is 3. The summed E-state index contributed by atoms with van der Waals surface area (Å²) in [6, 6.07) is 0. The highest BCUT2D eigenvalue weighted by Crippen LogP contribution is 2.16. The summed E-state index contributed by atoms with van der Waals surface area (Å²) in [6.45, 7) is 3.17. The summed E-state index contributed by atoms with van der Waals surface area (Å²) in [5.41, 5.74) is 0.971. The maximum absolute atomic E-state index is 8.95. The van der Waals surface area contributed by atoms with Crippen LogP contribution >= 0.6 is 0 Å². The molecule has 0 bridgehead atoms. The highest BCUT2D eigenvalue weighted by atomic mass is 16.3. The number of H-pyrrole nitrogens is 1. The van der Waals surface area contributed by atoms with Gasteiger partial charge in [-0.05, 0) is 18.9 Å². The minimum absolute atomic E-state index is 0.301. The van der Waals surface area contributed by atoms with Crippen molar-refractivity contribution in [1.29, 1.82) is 0 Å². The number of aromatic amines is 1. The Morgan fingerprint density at radius 3 is 3.23 bits per heavy atom. The standard InChI is InChI=1S/C8H14N4O/c13-6-7-1-2-12(4-7)5-8-3-9-11-10-8/h3,7,13H,1-2,4-6H2,(H,9,10,11). The largest absolute Gasteiger partial charge is 0.396 e. The van der Waals surface area contributed by atoms with Crippen LogP contribution in [0.2, 0.25) is 0 Å². The number of aliphatic hydroxyl groups excluding tert-OH is 1. The fraction of sp³-hybridized carbons (Fsp3) is 0.750. The predicted octanol–water partition coefficient (Wildman–Crippen LogP) is -0.381. The zero-order valence-corrected chi connectivity index (χ0v) is 7.48. The van der Waals surface area contributed by atoms with E-state index in [1.54, 1.807) is 6.20 Å². The summed E-state index contributed by atoms with van der Waals surface area (Å²) in [4.78, 5) is 2.29. The van der Waals surface area contributed by atoms with Crippen molar-refractivity contribution in [2.75, 3.05) is 19.7 Å². The van der Waals surface area contributed by atoms with Crippen LogP contribution in [0.3, 0.4) is 0 Å². The molecule has 1 saturated heterocycles. The first-order valence-electron chi connectivity index (χ1n) is 4.56. The van der Waals surface area contributed by atoms with Gasteiger partial charge in [-0.2, -0.15) is 15.4 Å². The van der Waals surface area contributed by atoms with E-state index in [2.05, 4.69) is 20.3 Å². The minimum Gasteiger partial charge on any atom is -0.396 e. The molecule has 0 amide bonds. The summed E-state index contributed by atoms with van der Waals surface area (Å²) < 4.78 is 0. The zero-order chi connectivity index (χ0) is 9.10. The van der Waals surface area contributed by atoms with E-state index in [0.717, 1.165) is 31.7 Å². The van der Waals surface area contributed by atoms with Crippen LogP contribution in [0.5, 0.6) is 0 Å². The fourth-order valence-corrected chi connectivity index (χ4v) is 1.74. The number of rotatable bonds is 3. The Balaban J connectivity index is 1.84. The van der Waals surface area contributed by atoms with Crippen molar-refractivity contribution in [2.24, 2.45) is 5.92 Å². The third kappa shape index (κ3) is 2.05. The molecule has 1 aromatic heterocycles. The molecule has 0 spiro atoms. The van der Waals surface area contributed by atoms with Gasteiger partial charge in [0.1, 0.15) is 0 Å². The van der Waals surface area contributed by atoms with Gasteiger partial charge in [0.25, 0.3) is 0 Å². The number of hydrogen-bond acceptors (Lipinski definition) is 4.